The second-order valence-electron chi connectivity index (χ2n) is 8.56. The van der Waals surface area contributed by atoms with Gasteiger partial charge in [0.1, 0.15) is 0 Å². The molecule has 0 aliphatic heterocycles. The van der Waals surface area contributed by atoms with Crippen molar-refractivity contribution in [3.05, 3.63) is 0 Å². The van der Waals surface area contributed by atoms with Crippen LogP contribution in [0.3, 0.4) is 0 Å². The van der Waals surface area contributed by atoms with Gasteiger partial charge in [-0.05, 0) is 69.6 Å². The number of rotatable bonds is 9. The normalized spacial score (nSPS) is 34.0. The molecule has 0 aromatic carbocycles. The number of ether oxygens (including phenoxy) is 1. The molecule has 0 heterocycles. The van der Waals surface area contributed by atoms with Crippen LogP contribution in [-0.4, -0.2) is 12.7 Å². The Hall–Kier alpha value is -0.550. The van der Waals surface area contributed by atoms with Crippen molar-refractivity contribution in [2.24, 2.45) is 17.3 Å². The molecule has 0 amide bonds. The molecule has 0 aromatic rings. The van der Waals surface area contributed by atoms with Crippen LogP contribution in [-0.2, 0) is 4.74 Å². The lowest BCUT2D eigenvalue weighted by atomic mass is 9.69. The van der Waals surface area contributed by atoms with Gasteiger partial charge in [-0.2, -0.15) is 5.26 Å². The molecule has 2 aliphatic carbocycles. The fourth-order valence-corrected chi connectivity index (χ4v) is 4.80. The van der Waals surface area contributed by atoms with Gasteiger partial charge in [0.15, 0.2) is 0 Å². The van der Waals surface area contributed by atoms with E-state index in [1.807, 2.05) is 0 Å². The van der Waals surface area contributed by atoms with E-state index in [0.29, 0.717) is 12.0 Å². The van der Waals surface area contributed by atoms with Crippen LogP contribution in [0.2, 0.25) is 0 Å². The molecule has 2 fully saturated rings. The van der Waals surface area contributed by atoms with E-state index in [1.165, 1.54) is 70.6 Å². The lowest BCUT2D eigenvalue weighted by Gasteiger charge is -2.36. The monoisotopic (exact) mass is 333 g/mol. The largest absolute Gasteiger partial charge is 0.378 e. The van der Waals surface area contributed by atoms with Crippen LogP contribution in [0.1, 0.15) is 104 Å². The summed E-state index contributed by atoms with van der Waals surface area (Å²) in [5.41, 5.74) is -0.0100. The molecule has 138 valence electrons. The van der Waals surface area contributed by atoms with Crippen LogP contribution < -0.4 is 0 Å². The highest BCUT2D eigenvalue weighted by atomic mass is 16.5. The summed E-state index contributed by atoms with van der Waals surface area (Å²) < 4.78 is 6.27. The fraction of sp³-hybridized carbons (Fsp3) is 0.955. The Balaban J connectivity index is 1.63. The van der Waals surface area contributed by atoms with Crippen molar-refractivity contribution in [2.75, 3.05) is 6.61 Å². The number of nitriles is 1. The molecule has 0 radical (unpaired) electrons. The molecule has 2 heteroatoms. The Labute approximate surface area is 150 Å². The lowest BCUT2D eigenvalue weighted by Crippen LogP contribution is -2.30. The summed E-state index contributed by atoms with van der Waals surface area (Å²) in [7, 11) is 0. The van der Waals surface area contributed by atoms with Gasteiger partial charge in [0.2, 0.25) is 0 Å². The molecular weight excluding hydrogens is 294 g/mol. The maximum atomic E-state index is 9.65. The number of hydrogen-bond acceptors (Lipinski definition) is 2. The lowest BCUT2D eigenvalue weighted by molar-refractivity contribution is -0.0133. The SMILES string of the molecule is CCCCC[C@]1(C#N)CC[C@H](CO[C@H]2CC[C@H](CCC)CC2)CC1. The van der Waals surface area contributed by atoms with E-state index >= 15 is 0 Å². The topological polar surface area (TPSA) is 33.0 Å². The van der Waals surface area contributed by atoms with Gasteiger partial charge in [-0.3, -0.25) is 0 Å². The summed E-state index contributed by atoms with van der Waals surface area (Å²) in [4.78, 5) is 0. The Morgan fingerprint density at radius 1 is 0.917 bits per heavy atom. The van der Waals surface area contributed by atoms with Gasteiger partial charge in [0.05, 0.1) is 17.6 Å². The molecule has 2 rings (SSSR count). The molecule has 2 aliphatic rings. The molecule has 0 N–H and O–H groups in total. The molecule has 24 heavy (non-hydrogen) atoms. The average molecular weight is 334 g/mol. The van der Waals surface area contributed by atoms with E-state index in [1.54, 1.807) is 0 Å². The average Bonchev–Trinajstić information content (AvgIpc) is 2.63. The van der Waals surface area contributed by atoms with Crippen molar-refractivity contribution in [2.45, 2.75) is 110 Å². The minimum absolute atomic E-state index is 0.0100. The van der Waals surface area contributed by atoms with Gasteiger partial charge in [-0.1, -0.05) is 46.0 Å². The fourth-order valence-electron chi connectivity index (χ4n) is 4.80. The van der Waals surface area contributed by atoms with Gasteiger partial charge in [-0.25, -0.2) is 0 Å². The van der Waals surface area contributed by atoms with Gasteiger partial charge >= 0.3 is 0 Å². The third-order valence-corrected chi connectivity index (χ3v) is 6.62. The van der Waals surface area contributed by atoms with Crippen LogP contribution in [0, 0.1) is 28.6 Å². The molecule has 0 saturated heterocycles. The van der Waals surface area contributed by atoms with E-state index in [4.69, 9.17) is 4.74 Å². The molecule has 0 unspecified atom stereocenters. The van der Waals surface area contributed by atoms with E-state index < -0.39 is 0 Å². The minimum atomic E-state index is -0.0100. The molecule has 0 bridgehead atoms. The zero-order valence-electron chi connectivity index (χ0n) is 16.2. The number of unbranched alkanes of at least 4 members (excludes halogenated alkanes) is 2. The maximum absolute atomic E-state index is 9.65. The van der Waals surface area contributed by atoms with Crippen LogP contribution >= 0.6 is 0 Å². The summed E-state index contributed by atoms with van der Waals surface area (Å²) in [6.07, 6.45) is 18.0. The summed E-state index contributed by atoms with van der Waals surface area (Å²) in [5.74, 6) is 1.66. The van der Waals surface area contributed by atoms with E-state index in [2.05, 4.69) is 19.9 Å². The van der Waals surface area contributed by atoms with Gasteiger partial charge in [-0.15, -0.1) is 0 Å². The first-order valence-corrected chi connectivity index (χ1v) is 10.7. The minimum Gasteiger partial charge on any atom is -0.378 e. The number of hydrogen-bond donors (Lipinski definition) is 0. The maximum Gasteiger partial charge on any atom is 0.0689 e. The first-order chi connectivity index (χ1) is 11.7. The molecule has 0 atom stereocenters. The summed E-state index contributed by atoms with van der Waals surface area (Å²) in [5, 5.41) is 9.65. The molecular formula is C22H39NO. The Morgan fingerprint density at radius 3 is 2.21 bits per heavy atom. The standard InChI is InChI=1S/C22H39NO/c1-3-5-6-14-22(18-23)15-12-20(13-16-22)17-24-21-10-8-19(7-4-2)9-11-21/h19-21H,3-17H2,1-2H3/t19-,20-,21-,22-. The Kier molecular flexibility index (Phi) is 8.60. The Bertz CT molecular complexity index is 370. The second-order valence-corrected chi connectivity index (χ2v) is 8.56. The van der Waals surface area contributed by atoms with Crippen molar-refractivity contribution in [3.63, 3.8) is 0 Å². The van der Waals surface area contributed by atoms with Crippen LogP contribution in [0.5, 0.6) is 0 Å². The van der Waals surface area contributed by atoms with E-state index in [-0.39, 0.29) is 5.41 Å². The van der Waals surface area contributed by atoms with Gasteiger partial charge < -0.3 is 4.74 Å². The first-order valence-electron chi connectivity index (χ1n) is 10.7. The van der Waals surface area contributed by atoms with Gasteiger partial charge in [0, 0.05) is 6.61 Å². The highest BCUT2D eigenvalue weighted by Crippen LogP contribution is 2.42. The Morgan fingerprint density at radius 2 is 1.62 bits per heavy atom. The predicted octanol–water partition coefficient (Wildman–Crippen LogP) is 6.64. The second kappa shape index (κ2) is 10.4. The molecule has 2 saturated carbocycles. The third kappa shape index (κ3) is 6.07. The third-order valence-electron chi connectivity index (χ3n) is 6.62. The zero-order chi connectivity index (χ0) is 17.3. The molecule has 0 aromatic heterocycles. The smallest absolute Gasteiger partial charge is 0.0689 e. The highest BCUT2D eigenvalue weighted by molar-refractivity contribution is 5.01. The van der Waals surface area contributed by atoms with E-state index in [0.717, 1.165) is 31.8 Å². The predicted molar refractivity (Wildman–Crippen MR) is 101 cm³/mol. The van der Waals surface area contributed by atoms with Crippen LogP contribution in [0.4, 0.5) is 0 Å². The van der Waals surface area contributed by atoms with Crippen molar-refractivity contribution < 1.29 is 4.74 Å². The summed E-state index contributed by atoms with van der Waals surface area (Å²) in [6, 6.07) is 2.68. The first kappa shape index (κ1) is 19.8. The van der Waals surface area contributed by atoms with Gasteiger partial charge in [0.25, 0.3) is 0 Å². The summed E-state index contributed by atoms with van der Waals surface area (Å²) in [6.45, 7) is 5.48. The molecule has 2 nitrogen and oxygen atoms in total. The van der Waals surface area contributed by atoms with E-state index in [9.17, 15) is 5.26 Å². The highest BCUT2D eigenvalue weighted by Gasteiger charge is 2.35. The quantitative estimate of drug-likeness (QED) is 0.443. The number of nitrogens with zero attached hydrogens (tertiary/aromatic N) is 1. The van der Waals surface area contributed by atoms with Crippen molar-refractivity contribution in [1.29, 1.82) is 5.26 Å². The van der Waals surface area contributed by atoms with Crippen LogP contribution in [0.15, 0.2) is 0 Å². The van der Waals surface area contributed by atoms with Crippen LogP contribution in [0.25, 0.3) is 0 Å². The summed E-state index contributed by atoms with van der Waals surface area (Å²) >= 11 is 0. The van der Waals surface area contributed by atoms with Crippen molar-refractivity contribution in [1.82, 2.24) is 0 Å². The van der Waals surface area contributed by atoms with Crippen molar-refractivity contribution in [3.8, 4) is 6.07 Å². The zero-order valence-corrected chi connectivity index (χ0v) is 16.2. The molecule has 0 spiro atoms. The van der Waals surface area contributed by atoms with Crippen molar-refractivity contribution >= 4 is 0 Å².